The van der Waals surface area contributed by atoms with Gasteiger partial charge in [-0.1, -0.05) is 0 Å². The average molecular weight is 327 g/mol. The second kappa shape index (κ2) is 5.46. The number of carbonyl (C=O) groups excluding carboxylic acids is 1. The number of aromatic nitrogens is 1. The Bertz CT molecular complexity index is 489. The molecule has 1 aromatic heterocycles. The van der Waals surface area contributed by atoms with E-state index in [0.29, 0.717) is 25.5 Å². The molecule has 102 valence electrons. The van der Waals surface area contributed by atoms with Crippen molar-refractivity contribution in [2.24, 2.45) is 0 Å². The number of fused-ring (bicyclic) bond motifs is 1. The maximum atomic E-state index is 12.4. The highest BCUT2D eigenvalue weighted by molar-refractivity contribution is 9.10. The van der Waals surface area contributed by atoms with Crippen molar-refractivity contribution in [3.05, 3.63) is 16.7 Å². The molecule has 1 aromatic rings. The van der Waals surface area contributed by atoms with Gasteiger partial charge in [0.25, 0.3) is 0 Å². The molecule has 0 aromatic carbocycles. The number of carbonyl (C=O) groups is 1. The van der Waals surface area contributed by atoms with Crippen molar-refractivity contribution in [1.82, 2.24) is 4.98 Å². The number of pyridine rings is 1. The van der Waals surface area contributed by atoms with Crippen LogP contribution in [0.4, 0.5) is 5.69 Å². The minimum absolute atomic E-state index is 0.0684. The molecule has 0 saturated carbocycles. The molecule has 1 amide bonds. The SMILES string of the molecule is O=C(C[C@H]1CCCO1)N1CCOc2ncc(Br)cc21. The molecule has 0 bridgehead atoms. The van der Waals surface area contributed by atoms with E-state index >= 15 is 0 Å². The summed E-state index contributed by atoms with van der Waals surface area (Å²) < 4.78 is 11.8. The van der Waals surface area contributed by atoms with Crippen molar-refractivity contribution in [2.45, 2.75) is 25.4 Å². The van der Waals surface area contributed by atoms with Crippen LogP contribution in [0.1, 0.15) is 19.3 Å². The molecule has 0 N–H and O–H groups in total. The lowest BCUT2D eigenvalue weighted by Gasteiger charge is -2.29. The molecule has 2 aliphatic heterocycles. The van der Waals surface area contributed by atoms with Crippen LogP contribution in [0.15, 0.2) is 16.7 Å². The van der Waals surface area contributed by atoms with Crippen molar-refractivity contribution in [3.63, 3.8) is 0 Å². The standard InChI is InChI=1S/C13H15BrN2O3/c14-9-6-11-13(15-8-9)19-5-3-16(11)12(17)7-10-2-1-4-18-10/h6,8,10H,1-5,7H2/t10-/m1/s1. The highest BCUT2D eigenvalue weighted by Gasteiger charge is 2.28. The van der Waals surface area contributed by atoms with E-state index in [1.165, 1.54) is 0 Å². The fourth-order valence-electron chi connectivity index (χ4n) is 2.44. The lowest BCUT2D eigenvalue weighted by atomic mass is 10.1. The quantitative estimate of drug-likeness (QED) is 0.835. The largest absolute Gasteiger partial charge is 0.474 e. The molecular formula is C13H15BrN2O3. The molecule has 5 nitrogen and oxygen atoms in total. The lowest BCUT2D eigenvalue weighted by Crippen LogP contribution is -2.39. The summed E-state index contributed by atoms with van der Waals surface area (Å²) in [5, 5.41) is 0. The van der Waals surface area contributed by atoms with Crippen LogP contribution >= 0.6 is 15.9 Å². The molecule has 3 heterocycles. The number of nitrogens with zero attached hydrogens (tertiary/aromatic N) is 2. The Morgan fingerprint density at radius 1 is 1.53 bits per heavy atom. The minimum Gasteiger partial charge on any atom is -0.474 e. The number of rotatable bonds is 2. The third kappa shape index (κ3) is 2.74. The molecule has 3 rings (SSSR count). The Morgan fingerprint density at radius 2 is 2.42 bits per heavy atom. The molecule has 1 atom stereocenters. The van der Waals surface area contributed by atoms with Gasteiger partial charge in [0.1, 0.15) is 12.3 Å². The smallest absolute Gasteiger partial charge is 0.238 e. The van der Waals surface area contributed by atoms with Crippen LogP contribution < -0.4 is 9.64 Å². The zero-order valence-corrected chi connectivity index (χ0v) is 12.1. The second-order valence-corrected chi connectivity index (χ2v) is 5.63. The van der Waals surface area contributed by atoms with Crippen LogP contribution in [0.25, 0.3) is 0 Å². The molecule has 0 radical (unpaired) electrons. The predicted molar refractivity (Wildman–Crippen MR) is 73.4 cm³/mol. The van der Waals surface area contributed by atoms with E-state index in [0.717, 1.165) is 29.6 Å². The van der Waals surface area contributed by atoms with Crippen LogP contribution in [0, 0.1) is 0 Å². The van der Waals surface area contributed by atoms with Gasteiger partial charge in [-0.2, -0.15) is 0 Å². The fourth-order valence-corrected chi connectivity index (χ4v) is 2.76. The first-order chi connectivity index (χ1) is 9.24. The Kier molecular flexibility index (Phi) is 3.70. The first-order valence-electron chi connectivity index (χ1n) is 6.44. The number of anilines is 1. The van der Waals surface area contributed by atoms with E-state index in [-0.39, 0.29) is 12.0 Å². The zero-order valence-electron chi connectivity index (χ0n) is 10.5. The summed E-state index contributed by atoms with van der Waals surface area (Å²) in [7, 11) is 0. The number of hydrogen-bond donors (Lipinski definition) is 0. The first-order valence-corrected chi connectivity index (χ1v) is 7.23. The Hall–Kier alpha value is -1.14. The van der Waals surface area contributed by atoms with Gasteiger partial charge in [-0.3, -0.25) is 4.79 Å². The zero-order chi connectivity index (χ0) is 13.2. The highest BCUT2D eigenvalue weighted by Crippen LogP contribution is 2.32. The van der Waals surface area contributed by atoms with Crippen molar-refractivity contribution in [1.29, 1.82) is 0 Å². The van der Waals surface area contributed by atoms with Gasteiger partial charge in [0.2, 0.25) is 11.8 Å². The molecule has 6 heteroatoms. The van der Waals surface area contributed by atoms with Crippen LogP contribution in [0.5, 0.6) is 5.88 Å². The summed E-state index contributed by atoms with van der Waals surface area (Å²) in [6, 6.07) is 1.87. The summed E-state index contributed by atoms with van der Waals surface area (Å²) in [6.45, 7) is 1.82. The summed E-state index contributed by atoms with van der Waals surface area (Å²) in [6.07, 6.45) is 4.20. The molecule has 19 heavy (non-hydrogen) atoms. The molecule has 0 spiro atoms. The molecule has 0 unspecified atom stereocenters. The predicted octanol–water partition coefficient (Wildman–Crippen LogP) is 2.14. The van der Waals surface area contributed by atoms with Gasteiger partial charge in [-0.25, -0.2) is 4.98 Å². The Morgan fingerprint density at radius 3 is 3.21 bits per heavy atom. The molecular weight excluding hydrogens is 312 g/mol. The Labute approximate surface area is 120 Å². The maximum absolute atomic E-state index is 12.4. The van der Waals surface area contributed by atoms with E-state index in [1.807, 2.05) is 6.07 Å². The van der Waals surface area contributed by atoms with Gasteiger partial charge in [-0.15, -0.1) is 0 Å². The third-order valence-corrected chi connectivity index (χ3v) is 3.80. The van der Waals surface area contributed by atoms with Crippen LogP contribution in [-0.4, -0.2) is 36.8 Å². The third-order valence-electron chi connectivity index (χ3n) is 3.37. The molecule has 1 saturated heterocycles. The Balaban J connectivity index is 1.78. The van der Waals surface area contributed by atoms with Crippen LogP contribution in [-0.2, 0) is 9.53 Å². The molecule has 2 aliphatic rings. The second-order valence-electron chi connectivity index (χ2n) is 4.71. The highest BCUT2D eigenvalue weighted by atomic mass is 79.9. The maximum Gasteiger partial charge on any atom is 0.238 e. The summed E-state index contributed by atoms with van der Waals surface area (Å²) in [5.41, 5.74) is 0.739. The number of halogens is 1. The summed E-state index contributed by atoms with van der Waals surface area (Å²) in [4.78, 5) is 18.3. The van der Waals surface area contributed by atoms with E-state index in [9.17, 15) is 4.79 Å². The molecule has 0 aliphatic carbocycles. The van der Waals surface area contributed by atoms with Crippen molar-refractivity contribution in [2.75, 3.05) is 24.7 Å². The van der Waals surface area contributed by atoms with Gasteiger partial charge in [0.15, 0.2) is 0 Å². The van der Waals surface area contributed by atoms with Crippen molar-refractivity contribution >= 4 is 27.5 Å². The monoisotopic (exact) mass is 326 g/mol. The first kappa shape index (κ1) is 12.9. The normalized spacial score (nSPS) is 21.9. The van der Waals surface area contributed by atoms with E-state index in [2.05, 4.69) is 20.9 Å². The van der Waals surface area contributed by atoms with Gasteiger partial charge in [-0.05, 0) is 34.8 Å². The minimum atomic E-state index is 0.0684. The lowest BCUT2D eigenvalue weighted by molar-refractivity contribution is -0.121. The van der Waals surface area contributed by atoms with Crippen molar-refractivity contribution in [3.8, 4) is 5.88 Å². The summed E-state index contributed by atoms with van der Waals surface area (Å²) >= 11 is 3.37. The number of ether oxygens (including phenoxy) is 2. The van der Waals surface area contributed by atoms with E-state index < -0.39 is 0 Å². The average Bonchev–Trinajstić information content (AvgIpc) is 2.90. The van der Waals surface area contributed by atoms with Crippen LogP contribution in [0.3, 0.4) is 0 Å². The number of amides is 1. The van der Waals surface area contributed by atoms with Gasteiger partial charge in [0.05, 0.1) is 19.1 Å². The summed E-state index contributed by atoms with van der Waals surface area (Å²) in [5.74, 6) is 0.603. The van der Waals surface area contributed by atoms with E-state index in [1.54, 1.807) is 11.1 Å². The van der Waals surface area contributed by atoms with Gasteiger partial charge in [0, 0.05) is 17.3 Å². The fraction of sp³-hybridized carbons (Fsp3) is 0.538. The van der Waals surface area contributed by atoms with Gasteiger partial charge >= 0.3 is 0 Å². The number of hydrogen-bond acceptors (Lipinski definition) is 4. The topological polar surface area (TPSA) is 51.7 Å². The van der Waals surface area contributed by atoms with Gasteiger partial charge < -0.3 is 14.4 Å². The van der Waals surface area contributed by atoms with Crippen LogP contribution in [0.2, 0.25) is 0 Å². The van der Waals surface area contributed by atoms with Crippen molar-refractivity contribution < 1.29 is 14.3 Å². The molecule has 1 fully saturated rings. The van der Waals surface area contributed by atoms with E-state index in [4.69, 9.17) is 9.47 Å².